The van der Waals surface area contributed by atoms with Gasteiger partial charge in [-0.1, -0.05) is 6.07 Å². The van der Waals surface area contributed by atoms with E-state index in [1.165, 1.54) is 0 Å². The number of carbonyl (C=O) groups excluding carboxylic acids is 1. The minimum atomic E-state index is -1.34. The minimum Gasteiger partial charge on any atom is -0.481 e. The van der Waals surface area contributed by atoms with Crippen LogP contribution in [-0.2, 0) is 20.4 Å². The molecule has 7 heteroatoms. The average Bonchev–Trinajstić information content (AvgIpc) is 2.29. The molecule has 1 atom stereocenters. The van der Waals surface area contributed by atoms with E-state index in [2.05, 4.69) is 10.3 Å². The molecule has 2 N–H and O–H groups in total. The molecule has 98 valence electrons. The standard InChI is InChI=1S/C11H14N2O4S/c14-10(13-9-4-1-2-6-12-9)8-18(17)7-3-5-11(15)16/h1-2,4,6H,3,5,7-8H2,(H,15,16)(H,12,13,14). The maximum Gasteiger partial charge on any atom is 0.303 e. The van der Waals surface area contributed by atoms with Gasteiger partial charge in [-0.2, -0.15) is 0 Å². The second kappa shape index (κ2) is 7.54. The van der Waals surface area contributed by atoms with Crippen molar-refractivity contribution in [3.63, 3.8) is 0 Å². The molecule has 0 aliphatic rings. The summed E-state index contributed by atoms with van der Waals surface area (Å²) in [6.07, 6.45) is 1.81. The monoisotopic (exact) mass is 270 g/mol. The predicted octanol–water partition coefficient (Wildman–Crippen LogP) is 0.634. The van der Waals surface area contributed by atoms with Gasteiger partial charge in [0.05, 0.1) is 0 Å². The van der Waals surface area contributed by atoms with Crippen LogP contribution in [0.3, 0.4) is 0 Å². The number of aliphatic carboxylic acids is 1. The Morgan fingerprint density at radius 3 is 2.78 bits per heavy atom. The molecule has 1 unspecified atom stereocenters. The first-order valence-corrected chi connectivity index (χ1v) is 6.84. The van der Waals surface area contributed by atoms with Crippen LogP contribution in [0.1, 0.15) is 12.8 Å². The SMILES string of the molecule is O=C(O)CCCS(=O)CC(=O)Nc1ccccn1. The maximum absolute atomic E-state index is 11.5. The van der Waals surface area contributed by atoms with Crippen LogP contribution in [0.4, 0.5) is 5.82 Å². The lowest BCUT2D eigenvalue weighted by Gasteiger charge is -2.03. The molecule has 0 aromatic carbocycles. The molecule has 1 heterocycles. The lowest BCUT2D eigenvalue weighted by Crippen LogP contribution is -2.21. The van der Waals surface area contributed by atoms with Crippen molar-refractivity contribution in [3.8, 4) is 0 Å². The number of aromatic nitrogens is 1. The Labute approximate surface area is 107 Å². The third-order valence-electron chi connectivity index (χ3n) is 1.99. The molecule has 0 saturated heterocycles. The molecule has 0 aliphatic carbocycles. The Kier molecular flexibility index (Phi) is 5.99. The molecule has 1 aromatic heterocycles. The zero-order valence-electron chi connectivity index (χ0n) is 9.67. The summed E-state index contributed by atoms with van der Waals surface area (Å²) in [6, 6.07) is 5.08. The number of hydrogen-bond donors (Lipinski definition) is 2. The van der Waals surface area contributed by atoms with E-state index >= 15 is 0 Å². The van der Waals surface area contributed by atoms with Crippen LogP contribution in [0.25, 0.3) is 0 Å². The molecule has 6 nitrogen and oxygen atoms in total. The minimum absolute atomic E-state index is 0.0341. The zero-order valence-corrected chi connectivity index (χ0v) is 10.5. The molecule has 0 bridgehead atoms. The molecule has 0 radical (unpaired) electrons. The number of pyridine rings is 1. The normalized spacial score (nSPS) is 11.8. The number of carboxylic acids is 1. The predicted molar refractivity (Wildman–Crippen MR) is 67.6 cm³/mol. The number of carboxylic acid groups (broad SMARTS) is 1. The first-order valence-electron chi connectivity index (χ1n) is 5.35. The van der Waals surface area contributed by atoms with Crippen molar-refractivity contribution in [2.75, 3.05) is 16.8 Å². The Balaban J connectivity index is 2.27. The fraction of sp³-hybridized carbons (Fsp3) is 0.364. The summed E-state index contributed by atoms with van der Waals surface area (Å²) in [4.78, 5) is 25.6. The Bertz CT molecular complexity index is 436. The van der Waals surface area contributed by atoms with E-state index in [0.29, 0.717) is 12.2 Å². The van der Waals surface area contributed by atoms with E-state index in [-0.39, 0.29) is 23.8 Å². The fourth-order valence-electron chi connectivity index (χ4n) is 1.22. The third-order valence-corrected chi connectivity index (χ3v) is 3.32. The van der Waals surface area contributed by atoms with E-state index in [4.69, 9.17) is 5.11 Å². The Morgan fingerprint density at radius 2 is 2.17 bits per heavy atom. The molecule has 18 heavy (non-hydrogen) atoms. The highest BCUT2D eigenvalue weighted by Crippen LogP contribution is 2.00. The van der Waals surface area contributed by atoms with Crippen LogP contribution < -0.4 is 5.32 Å². The molecule has 0 spiro atoms. The largest absolute Gasteiger partial charge is 0.481 e. The van der Waals surface area contributed by atoms with E-state index in [1.54, 1.807) is 24.4 Å². The number of nitrogens with one attached hydrogen (secondary N) is 1. The average molecular weight is 270 g/mol. The van der Waals surface area contributed by atoms with Gasteiger partial charge in [0.2, 0.25) is 5.91 Å². The van der Waals surface area contributed by atoms with Gasteiger partial charge >= 0.3 is 5.97 Å². The summed E-state index contributed by atoms with van der Waals surface area (Å²) in [5.41, 5.74) is 0. The lowest BCUT2D eigenvalue weighted by molar-refractivity contribution is -0.137. The van der Waals surface area contributed by atoms with Crippen molar-refractivity contribution in [2.45, 2.75) is 12.8 Å². The number of hydrogen-bond acceptors (Lipinski definition) is 4. The van der Waals surface area contributed by atoms with Crippen molar-refractivity contribution >= 4 is 28.5 Å². The third kappa shape index (κ3) is 6.09. The van der Waals surface area contributed by atoms with Gasteiger partial charge in [0.15, 0.2) is 0 Å². The summed E-state index contributed by atoms with van der Waals surface area (Å²) in [5, 5.41) is 10.9. The van der Waals surface area contributed by atoms with Crippen LogP contribution in [0, 0.1) is 0 Å². The summed E-state index contributed by atoms with van der Waals surface area (Å²) in [7, 11) is -1.34. The number of amides is 1. The fourth-order valence-corrected chi connectivity index (χ4v) is 2.19. The molecular weight excluding hydrogens is 256 g/mol. The van der Waals surface area contributed by atoms with Gasteiger partial charge in [0, 0.05) is 29.2 Å². The molecule has 0 saturated carbocycles. The van der Waals surface area contributed by atoms with Gasteiger partial charge < -0.3 is 10.4 Å². The highest BCUT2D eigenvalue weighted by Gasteiger charge is 2.09. The Hall–Kier alpha value is -1.76. The molecule has 0 fully saturated rings. The second-order valence-corrected chi connectivity index (χ2v) is 5.13. The molecular formula is C11H14N2O4S. The first-order chi connectivity index (χ1) is 8.58. The highest BCUT2D eigenvalue weighted by molar-refractivity contribution is 7.85. The summed E-state index contributed by atoms with van der Waals surface area (Å²) in [5.74, 6) is -0.838. The first kappa shape index (κ1) is 14.3. The van der Waals surface area contributed by atoms with Crippen molar-refractivity contribution in [3.05, 3.63) is 24.4 Å². The van der Waals surface area contributed by atoms with Crippen molar-refractivity contribution < 1.29 is 18.9 Å². The second-order valence-electron chi connectivity index (χ2n) is 3.55. The van der Waals surface area contributed by atoms with Gasteiger partial charge in [-0.05, 0) is 18.6 Å². The van der Waals surface area contributed by atoms with Crippen LogP contribution in [0.15, 0.2) is 24.4 Å². The smallest absolute Gasteiger partial charge is 0.303 e. The molecule has 1 aromatic rings. The quantitative estimate of drug-likeness (QED) is 0.757. The van der Waals surface area contributed by atoms with Crippen molar-refractivity contribution in [1.29, 1.82) is 0 Å². The summed E-state index contributed by atoms with van der Waals surface area (Å²) in [6.45, 7) is 0. The van der Waals surface area contributed by atoms with Gasteiger partial charge in [0.1, 0.15) is 11.6 Å². The Morgan fingerprint density at radius 1 is 1.39 bits per heavy atom. The lowest BCUT2D eigenvalue weighted by atomic mass is 10.3. The van der Waals surface area contributed by atoms with Gasteiger partial charge in [-0.25, -0.2) is 4.98 Å². The van der Waals surface area contributed by atoms with Crippen LogP contribution in [0.2, 0.25) is 0 Å². The zero-order chi connectivity index (χ0) is 13.4. The number of nitrogens with zero attached hydrogens (tertiary/aromatic N) is 1. The van der Waals surface area contributed by atoms with Crippen molar-refractivity contribution in [2.24, 2.45) is 0 Å². The highest BCUT2D eigenvalue weighted by atomic mass is 32.2. The molecule has 1 rings (SSSR count). The summed E-state index contributed by atoms with van der Waals surface area (Å²) < 4.78 is 11.5. The van der Waals surface area contributed by atoms with Gasteiger partial charge in [-0.3, -0.25) is 13.8 Å². The maximum atomic E-state index is 11.5. The molecule has 0 aliphatic heterocycles. The number of anilines is 1. The van der Waals surface area contributed by atoms with E-state index < -0.39 is 16.8 Å². The van der Waals surface area contributed by atoms with E-state index in [9.17, 15) is 13.8 Å². The number of carbonyl (C=O) groups is 2. The van der Waals surface area contributed by atoms with Crippen LogP contribution >= 0.6 is 0 Å². The van der Waals surface area contributed by atoms with E-state index in [0.717, 1.165) is 0 Å². The van der Waals surface area contributed by atoms with Gasteiger partial charge in [-0.15, -0.1) is 0 Å². The summed E-state index contributed by atoms with van der Waals surface area (Å²) >= 11 is 0. The van der Waals surface area contributed by atoms with Crippen LogP contribution in [0.5, 0.6) is 0 Å². The van der Waals surface area contributed by atoms with Crippen molar-refractivity contribution in [1.82, 2.24) is 4.98 Å². The topological polar surface area (TPSA) is 96.4 Å². The molecule has 1 amide bonds. The van der Waals surface area contributed by atoms with E-state index in [1.807, 2.05) is 0 Å². The van der Waals surface area contributed by atoms with Crippen LogP contribution in [-0.4, -0.2) is 37.7 Å². The number of rotatable bonds is 7. The van der Waals surface area contributed by atoms with Gasteiger partial charge in [0.25, 0.3) is 0 Å².